The fourth-order valence-corrected chi connectivity index (χ4v) is 2.65. The zero-order valence-electron chi connectivity index (χ0n) is 11.4. The van der Waals surface area contributed by atoms with E-state index < -0.39 is 0 Å². The zero-order chi connectivity index (χ0) is 15.4. The van der Waals surface area contributed by atoms with Gasteiger partial charge in [-0.3, -0.25) is 0 Å². The first-order valence-corrected chi connectivity index (χ1v) is 7.83. The van der Waals surface area contributed by atoms with Crippen LogP contribution in [0, 0.1) is 0 Å². The van der Waals surface area contributed by atoms with Gasteiger partial charge in [0, 0.05) is 33.8 Å². The highest BCUT2D eigenvalue weighted by Gasteiger charge is 2.12. The Bertz CT molecular complexity index is 656. The van der Waals surface area contributed by atoms with E-state index in [9.17, 15) is 0 Å². The minimum absolute atomic E-state index is 0.0974. The van der Waals surface area contributed by atoms with Crippen molar-refractivity contribution in [2.24, 2.45) is 10.9 Å². The molecule has 0 bridgehead atoms. The third-order valence-corrected chi connectivity index (χ3v) is 4.11. The molecule has 110 valence electrons. The Morgan fingerprint density at radius 1 is 1.14 bits per heavy atom. The van der Waals surface area contributed by atoms with Gasteiger partial charge in [0.25, 0.3) is 0 Å². The number of nitrogens with two attached hydrogens (primary N) is 1. The van der Waals surface area contributed by atoms with Gasteiger partial charge in [0.1, 0.15) is 0 Å². The molecule has 0 aliphatic carbocycles. The van der Waals surface area contributed by atoms with Gasteiger partial charge in [-0.05, 0) is 35.9 Å². The van der Waals surface area contributed by atoms with Gasteiger partial charge in [-0.2, -0.15) is 0 Å². The van der Waals surface area contributed by atoms with Gasteiger partial charge < -0.3 is 15.8 Å². The van der Waals surface area contributed by atoms with Crippen LogP contribution in [0.1, 0.15) is 11.1 Å². The van der Waals surface area contributed by atoms with Crippen molar-refractivity contribution in [2.45, 2.75) is 6.54 Å². The van der Waals surface area contributed by atoms with Crippen molar-refractivity contribution in [1.82, 2.24) is 0 Å². The molecule has 4 nitrogen and oxygen atoms in total. The van der Waals surface area contributed by atoms with Crippen molar-refractivity contribution < 1.29 is 5.21 Å². The van der Waals surface area contributed by atoms with E-state index in [1.165, 1.54) is 5.56 Å². The van der Waals surface area contributed by atoms with E-state index in [0.29, 0.717) is 5.56 Å². The fraction of sp³-hybridized carbons (Fsp3) is 0.133. The molecule has 0 saturated carbocycles. The Labute approximate surface area is 140 Å². The summed E-state index contributed by atoms with van der Waals surface area (Å²) >= 11 is 6.88. The summed E-state index contributed by atoms with van der Waals surface area (Å²) in [7, 11) is 1.97. The van der Waals surface area contributed by atoms with E-state index in [4.69, 9.17) is 10.9 Å². The molecule has 2 rings (SSSR count). The van der Waals surface area contributed by atoms with Crippen LogP contribution in [0.5, 0.6) is 0 Å². The van der Waals surface area contributed by atoms with Crippen molar-refractivity contribution in [3.8, 4) is 0 Å². The van der Waals surface area contributed by atoms with Crippen LogP contribution < -0.4 is 10.6 Å². The molecule has 3 N–H and O–H groups in total. The number of halogens is 2. The van der Waals surface area contributed by atoms with Crippen LogP contribution in [0.25, 0.3) is 0 Å². The maximum atomic E-state index is 8.91. The van der Waals surface area contributed by atoms with Gasteiger partial charge in [-0.15, -0.1) is 0 Å². The Morgan fingerprint density at radius 2 is 1.76 bits per heavy atom. The lowest BCUT2D eigenvalue weighted by molar-refractivity contribution is 0.318. The lowest BCUT2D eigenvalue weighted by atomic mass is 10.1. The maximum Gasteiger partial charge on any atom is 0.172 e. The number of rotatable bonds is 4. The molecule has 0 aliphatic rings. The molecule has 0 unspecified atom stereocenters. The highest BCUT2D eigenvalue weighted by Crippen LogP contribution is 2.26. The number of anilines is 1. The summed E-state index contributed by atoms with van der Waals surface area (Å²) in [4.78, 5) is 2.06. The topological polar surface area (TPSA) is 61.8 Å². The number of hydrogen-bond acceptors (Lipinski definition) is 3. The number of benzene rings is 2. The van der Waals surface area contributed by atoms with Crippen molar-refractivity contribution in [2.75, 3.05) is 11.9 Å². The van der Waals surface area contributed by atoms with Crippen LogP contribution in [0.3, 0.4) is 0 Å². The molecule has 2 aromatic carbocycles. The van der Waals surface area contributed by atoms with Gasteiger partial charge in [0.15, 0.2) is 5.84 Å². The van der Waals surface area contributed by atoms with Crippen LogP contribution in [-0.2, 0) is 6.54 Å². The summed E-state index contributed by atoms with van der Waals surface area (Å²) in [5.41, 5.74) is 8.51. The molecule has 0 aliphatic heterocycles. The standard InChI is InChI=1S/C15H15Br2N3O/c1-20(9-10-2-4-11(16)5-3-10)14-8-12(17)6-7-13(14)15(18)19-21/h2-8,21H,9H2,1H3,(H2,18,19). The first-order valence-electron chi connectivity index (χ1n) is 6.24. The number of oxime groups is 1. The van der Waals surface area contributed by atoms with Crippen LogP contribution >= 0.6 is 31.9 Å². The second-order valence-corrected chi connectivity index (χ2v) is 6.46. The number of amidine groups is 1. The number of hydrogen-bond donors (Lipinski definition) is 2. The molecule has 0 atom stereocenters. The van der Waals surface area contributed by atoms with Gasteiger partial charge in [-0.25, -0.2) is 0 Å². The third kappa shape index (κ3) is 3.98. The molecule has 0 saturated heterocycles. The Hall–Kier alpha value is -1.53. The normalized spacial score (nSPS) is 11.5. The molecule has 0 amide bonds. The van der Waals surface area contributed by atoms with Gasteiger partial charge >= 0.3 is 0 Å². The van der Waals surface area contributed by atoms with Crippen molar-refractivity contribution >= 4 is 43.4 Å². The average molecular weight is 413 g/mol. The first kappa shape index (κ1) is 15.9. The summed E-state index contributed by atoms with van der Waals surface area (Å²) in [5.74, 6) is 0.0974. The minimum atomic E-state index is 0.0974. The molecule has 0 spiro atoms. The van der Waals surface area contributed by atoms with Gasteiger partial charge in [0.05, 0.1) is 0 Å². The van der Waals surface area contributed by atoms with Crippen LogP contribution in [-0.4, -0.2) is 18.1 Å². The lowest BCUT2D eigenvalue weighted by Gasteiger charge is -2.22. The molecule has 2 aromatic rings. The van der Waals surface area contributed by atoms with E-state index in [-0.39, 0.29) is 5.84 Å². The largest absolute Gasteiger partial charge is 0.409 e. The summed E-state index contributed by atoms with van der Waals surface area (Å²) < 4.78 is 1.99. The summed E-state index contributed by atoms with van der Waals surface area (Å²) in [6.45, 7) is 0.718. The van der Waals surface area contributed by atoms with Crippen LogP contribution in [0.2, 0.25) is 0 Å². The zero-order valence-corrected chi connectivity index (χ0v) is 14.6. The quantitative estimate of drug-likeness (QED) is 0.346. The molecule has 6 heteroatoms. The first-order chi connectivity index (χ1) is 10.0. The van der Waals surface area contributed by atoms with E-state index in [0.717, 1.165) is 21.2 Å². The fourth-order valence-electron chi connectivity index (χ4n) is 2.04. The molecule has 0 aromatic heterocycles. The Balaban J connectivity index is 2.31. The molecule has 0 radical (unpaired) electrons. The molecule has 21 heavy (non-hydrogen) atoms. The van der Waals surface area contributed by atoms with Crippen molar-refractivity contribution in [1.29, 1.82) is 0 Å². The minimum Gasteiger partial charge on any atom is -0.409 e. The van der Waals surface area contributed by atoms with Gasteiger partial charge in [-0.1, -0.05) is 49.1 Å². The van der Waals surface area contributed by atoms with Crippen molar-refractivity contribution in [3.05, 3.63) is 62.5 Å². The third-order valence-electron chi connectivity index (χ3n) is 3.09. The SMILES string of the molecule is CN(Cc1ccc(Br)cc1)c1cc(Br)ccc1/C(N)=N/O. The van der Waals surface area contributed by atoms with Crippen LogP contribution in [0.15, 0.2) is 56.6 Å². The van der Waals surface area contributed by atoms with E-state index in [1.807, 2.05) is 37.4 Å². The van der Waals surface area contributed by atoms with E-state index in [2.05, 4.69) is 54.0 Å². The maximum absolute atomic E-state index is 8.91. The van der Waals surface area contributed by atoms with Crippen LogP contribution in [0.4, 0.5) is 5.69 Å². The van der Waals surface area contributed by atoms with E-state index >= 15 is 0 Å². The Morgan fingerprint density at radius 3 is 2.38 bits per heavy atom. The average Bonchev–Trinajstić information content (AvgIpc) is 2.48. The van der Waals surface area contributed by atoms with Gasteiger partial charge in [0.2, 0.25) is 0 Å². The monoisotopic (exact) mass is 411 g/mol. The highest BCUT2D eigenvalue weighted by molar-refractivity contribution is 9.10. The van der Waals surface area contributed by atoms with Crippen molar-refractivity contribution in [3.63, 3.8) is 0 Å². The lowest BCUT2D eigenvalue weighted by Crippen LogP contribution is -2.22. The molecular formula is C15H15Br2N3O. The number of nitrogens with zero attached hydrogens (tertiary/aromatic N) is 2. The molecular weight excluding hydrogens is 398 g/mol. The predicted octanol–water partition coefficient (Wildman–Crippen LogP) is 3.94. The second-order valence-electron chi connectivity index (χ2n) is 4.63. The predicted molar refractivity (Wildman–Crippen MR) is 92.9 cm³/mol. The highest BCUT2D eigenvalue weighted by atomic mass is 79.9. The second kappa shape index (κ2) is 6.95. The summed E-state index contributed by atoms with van der Waals surface area (Å²) in [6, 6.07) is 13.8. The summed E-state index contributed by atoms with van der Waals surface area (Å²) in [5, 5.41) is 12.0. The molecule has 0 heterocycles. The van der Waals surface area contributed by atoms with E-state index in [1.54, 1.807) is 0 Å². The smallest absolute Gasteiger partial charge is 0.172 e. The summed E-state index contributed by atoms with van der Waals surface area (Å²) in [6.07, 6.45) is 0. The molecule has 0 fully saturated rings. The Kier molecular flexibility index (Phi) is 5.25.